The van der Waals surface area contributed by atoms with Crippen molar-refractivity contribution in [3.05, 3.63) is 41.8 Å². The second-order valence-electron chi connectivity index (χ2n) is 7.35. The largest absolute Gasteiger partial charge is 0.406 e. The molecule has 2 heterocycles. The molecule has 6 nitrogen and oxygen atoms in total. The first-order chi connectivity index (χ1) is 12.8. The van der Waals surface area contributed by atoms with Crippen LogP contribution in [0.3, 0.4) is 0 Å². The van der Waals surface area contributed by atoms with Crippen molar-refractivity contribution in [3.8, 4) is 0 Å². The molecule has 6 heteroatoms. The van der Waals surface area contributed by atoms with Crippen LogP contribution in [0.15, 0.2) is 34.7 Å². The van der Waals surface area contributed by atoms with Crippen molar-refractivity contribution in [3.63, 3.8) is 0 Å². The highest BCUT2D eigenvalue weighted by atomic mass is 16.4. The number of nitrogens with zero attached hydrogens (tertiary/aromatic N) is 3. The molecule has 0 unspecified atom stereocenters. The number of carbonyl (C=O) groups excluding carboxylic acids is 1. The van der Waals surface area contributed by atoms with Gasteiger partial charge < -0.3 is 14.6 Å². The van der Waals surface area contributed by atoms with Crippen LogP contribution in [0.2, 0.25) is 0 Å². The zero-order chi connectivity index (χ0) is 17.8. The summed E-state index contributed by atoms with van der Waals surface area (Å²) in [5.41, 5.74) is 1.14. The van der Waals surface area contributed by atoms with E-state index >= 15 is 0 Å². The maximum Gasteiger partial charge on any atom is 0.318 e. The van der Waals surface area contributed by atoms with Crippen LogP contribution in [0.4, 0.5) is 6.01 Å². The predicted octanol–water partition coefficient (Wildman–Crippen LogP) is 3.26. The Bertz CT molecular complexity index is 718. The van der Waals surface area contributed by atoms with Crippen molar-refractivity contribution in [1.82, 2.24) is 15.5 Å². The number of hydrogen-bond acceptors (Lipinski definition) is 5. The highest BCUT2D eigenvalue weighted by Gasteiger charge is 2.33. The molecule has 1 aromatic heterocycles. The molecule has 0 bridgehead atoms. The van der Waals surface area contributed by atoms with E-state index in [0.29, 0.717) is 18.3 Å². The Morgan fingerprint density at radius 3 is 2.54 bits per heavy atom. The summed E-state index contributed by atoms with van der Waals surface area (Å²) in [6.07, 6.45) is 7.44. The van der Waals surface area contributed by atoms with Crippen LogP contribution in [0.1, 0.15) is 56.0 Å². The molecule has 1 amide bonds. The molecule has 1 aliphatic carbocycles. The summed E-state index contributed by atoms with van der Waals surface area (Å²) < 4.78 is 6.00. The summed E-state index contributed by atoms with van der Waals surface area (Å²) in [5, 5.41) is 11.7. The van der Waals surface area contributed by atoms with Gasteiger partial charge in [-0.1, -0.05) is 48.3 Å². The number of hydrogen-bond donors (Lipinski definition) is 1. The van der Waals surface area contributed by atoms with E-state index in [1.165, 1.54) is 12.8 Å². The average molecular weight is 354 g/mol. The highest BCUT2D eigenvalue weighted by molar-refractivity contribution is 5.81. The van der Waals surface area contributed by atoms with Gasteiger partial charge in [-0.2, -0.15) is 0 Å². The first-order valence-electron chi connectivity index (χ1n) is 9.72. The Morgan fingerprint density at radius 2 is 1.85 bits per heavy atom. The Kier molecular flexibility index (Phi) is 5.18. The normalized spacial score (nSPS) is 19.0. The van der Waals surface area contributed by atoms with Gasteiger partial charge in [0.1, 0.15) is 6.04 Å². The lowest BCUT2D eigenvalue weighted by Gasteiger charge is -2.18. The Labute approximate surface area is 154 Å². The summed E-state index contributed by atoms with van der Waals surface area (Å²) in [4.78, 5) is 14.5. The number of carbonyl (C=O) groups is 1. The van der Waals surface area contributed by atoms with Crippen LogP contribution in [-0.4, -0.2) is 29.2 Å². The molecule has 0 radical (unpaired) electrons. The lowest BCUT2D eigenvalue weighted by Crippen LogP contribution is -2.31. The standard InChI is InChI=1S/C20H26N4O2/c25-18(16-10-11-16)21-17(14-15-8-4-3-5-9-15)19-22-23-20(26-19)24-12-6-1-2-7-13-24/h3-5,8-9,16-17H,1-2,6-7,10-14H2,(H,21,25)/t17-/m1/s1. The van der Waals surface area contributed by atoms with E-state index in [2.05, 4.69) is 32.5 Å². The number of amides is 1. The van der Waals surface area contributed by atoms with Gasteiger partial charge in [0.05, 0.1) is 0 Å². The van der Waals surface area contributed by atoms with Gasteiger partial charge in [0.15, 0.2) is 0 Å². The van der Waals surface area contributed by atoms with Gasteiger partial charge in [-0.05, 0) is 31.2 Å². The molecule has 2 aliphatic rings. The van der Waals surface area contributed by atoms with Crippen LogP contribution in [-0.2, 0) is 11.2 Å². The number of anilines is 1. The van der Waals surface area contributed by atoms with Gasteiger partial charge in [-0.3, -0.25) is 4.79 Å². The van der Waals surface area contributed by atoms with Gasteiger partial charge in [0.2, 0.25) is 11.8 Å². The topological polar surface area (TPSA) is 71.3 Å². The third-order valence-corrected chi connectivity index (χ3v) is 5.15. The molecular weight excluding hydrogens is 328 g/mol. The Morgan fingerprint density at radius 1 is 1.12 bits per heavy atom. The molecule has 1 aliphatic heterocycles. The summed E-state index contributed by atoms with van der Waals surface area (Å²) >= 11 is 0. The van der Waals surface area contributed by atoms with Crippen molar-refractivity contribution in [2.24, 2.45) is 5.92 Å². The van der Waals surface area contributed by atoms with Gasteiger partial charge >= 0.3 is 6.01 Å². The number of benzene rings is 1. The second-order valence-corrected chi connectivity index (χ2v) is 7.35. The summed E-state index contributed by atoms with van der Waals surface area (Å²) in [7, 11) is 0. The second kappa shape index (κ2) is 7.89. The quantitative estimate of drug-likeness (QED) is 0.862. The first kappa shape index (κ1) is 17.1. The van der Waals surface area contributed by atoms with Crippen molar-refractivity contribution < 1.29 is 9.21 Å². The molecule has 2 fully saturated rings. The SMILES string of the molecule is O=C(N[C@H](Cc1ccccc1)c1nnc(N2CCCCCC2)o1)C1CC1. The van der Waals surface area contributed by atoms with E-state index in [0.717, 1.165) is 44.3 Å². The van der Waals surface area contributed by atoms with Crippen LogP contribution in [0, 0.1) is 5.92 Å². The van der Waals surface area contributed by atoms with E-state index < -0.39 is 0 Å². The smallest absolute Gasteiger partial charge is 0.318 e. The van der Waals surface area contributed by atoms with Crippen LogP contribution in [0.25, 0.3) is 0 Å². The molecule has 1 saturated carbocycles. The monoisotopic (exact) mass is 354 g/mol. The van der Waals surface area contributed by atoms with Crippen molar-refractivity contribution >= 4 is 11.9 Å². The Balaban J connectivity index is 1.51. The number of aromatic nitrogens is 2. The van der Waals surface area contributed by atoms with E-state index in [-0.39, 0.29) is 17.9 Å². The van der Waals surface area contributed by atoms with Crippen LogP contribution in [0.5, 0.6) is 0 Å². The molecule has 138 valence electrons. The lowest BCUT2D eigenvalue weighted by atomic mass is 10.1. The first-order valence-corrected chi connectivity index (χ1v) is 9.72. The molecule has 2 aromatic rings. The molecular formula is C20H26N4O2. The maximum atomic E-state index is 12.3. The van der Waals surface area contributed by atoms with E-state index in [1.54, 1.807) is 0 Å². The third kappa shape index (κ3) is 4.23. The minimum absolute atomic E-state index is 0.0976. The van der Waals surface area contributed by atoms with Gasteiger partial charge in [-0.25, -0.2) is 0 Å². The van der Waals surface area contributed by atoms with E-state index in [1.807, 2.05) is 18.2 Å². The third-order valence-electron chi connectivity index (χ3n) is 5.15. The van der Waals surface area contributed by atoms with E-state index in [9.17, 15) is 4.79 Å². The average Bonchev–Trinajstić information content (AvgIpc) is 3.45. The fourth-order valence-electron chi connectivity index (χ4n) is 3.44. The van der Waals surface area contributed by atoms with Crippen LogP contribution >= 0.6 is 0 Å². The summed E-state index contributed by atoms with van der Waals surface area (Å²) in [6.45, 7) is 1.92. The molecule has 1 aromatic carbocycles. The van der Waals surface area contributed by atoms with Gasteiger partial charge in [-0.15, -0.1) is 5.10 Å². The van der Waals surface area contributed by atoms with Gasteiger partial charge in [0.25, 0.3) is 0 Å². The number of rotatable bonds is 6. The molecule has 4 rings (SSSR count). The molecule has 26 heavy (non-hydrogen) atoms. The maximum absolute atomic E-state index is 12.3. The van der Waals surface area contributed by atoms with Gasteiger partial charge in [0, 0.05) is 25.4 Å². The minimum Gasteiger partial charge on any atom is -0.406 e. The predicted molar refractivity (Wildman–Crippen MR) is 98.7 cm³/mol. The summed E-state index contributed by atoms with van der Waals surface area (Å²) in [5.74, 6) is 0.754. The fourth-order valence-corrected chi connectivity index (χ4v) is 3.44. The summed E-state index contributed by atoms with van der Waals surface area (Å²) in [6, 6.07) is 10.4. The molecule has 1 saturated heterocycles. The zero-order valence-electron chi connectivity index (χ0n) is 15.1. The van der Waals surface area contributed by atoms with E-state index in [4.69, 9.17) is 4.42 Å². The number of nitrogens with one attached hydrogen (secondary N) is 1. The highest BCUT2D eigenvalue weighted by Crippen LogP contribution is 2.30. The molecule has 1 atom stereocenters. The van der Waals surface area contributed by atoms with Crippen molar-refractivity contribution in [2.75, 3.05) is 18.0 Å². The fraction of sp³-hybridized carbons (Fsp3) is 0.550. The van der Waals surface area contributed by atoms with Crippen molar-refractivity contribution in [2.45, 2.75) is 51.0 Å². The lowest BCUT2D eigenvalue weighted by molar-refractivity contribution is -0.123. The Hall–Kier alpha value is -2.37. The zero-order valence-corrected chi connectivity index (χ0v) is 15.1. The van der Waals surface area contributed by atoms with Crippen LogP contribution < -0.4 is 10.2 Å². The minimum atomic E-state index is -0.279. The molecule has 0 spiro atoms. The molecule has 1 N–H and O–H groups in total. The van der Waals surface area contributed by atoms with Crippen molar-refractivity contribution in [1.29, 1.82) is 0 Å².